The monoisotopic (exact) mass is 735 g/mol. The number of carbonyl (C=O) groups is 6. The van der Waals surface area contributed by atoms with E-state index >= 15 is 0 Å². The van der Waals surface area contributed by atoms with Crippen LogP contribution in [0.1, 0.15) is 102 Å². The Morgan fingerprint density at radius 3 is 2.08 bits per heavy atom. The van der Waals surface area contributed by atoms with Crippen molar-refractivity contribution < 1.29 is 33.6 Å². The van der Waals surface area contributed by atoms with Gasteiger partial charge < -0.3 is 16.4 Å². The van der Waals surface area contributed by atoms with Crippen molar-refractivity contribution in [3.05, 3.63) is 60.2 Å². The zero-order chi connectivity index (χ0) is 37.1. The average Bonchev–Trinajstić information content (AvgIpc) is 3.40. The zero-order valence-corrected chi connectivity index (χ0v) is 30.8. The van der Waals surface area contributed by atoms with Crippen LogP contribution in [0.5, 0.6) is 0 Å². The van der Waals surface area contributed by atoms with Crippen LogP contribution < -0.4 is 21.8 Å². The summed E-state index contributed by atoms with van der Waals surface area (Å²) in [6.07, 6.45) is 10.0. The zero-order valence-electron chi connectivity index (χ0n) is 29.9. The van der Waals surface area contributed by atoms with Gasteiger partial charge in [0.2, 0.25) is 35.4 Å². The summed E-state index contributed by atoms with van der Waals surface area (Å²) in [5.74, 6) is -0.425. The number of thioether (sulfide) groups is 1. The quantitative estimate of drug-likeness (QED) is 0.0706. The highest BCUT2D eigenvalue weighted by Gasteiger charge is 2.38. The molecule has 0 spiro atoms. The molecule has 52 heavy (non-hydrogen) atoms. The summed E-state index contributed by atoms with van der Waals surface area (Å²) in [6, 6.07) is 16.9. The van der Waals surface area contributed by atoms with Crippen LogP contribution in [0.15, 0.2) is 59.5 Å². The number of rotatable bonds is 22. The van der Waals surface area contributed by atoms with Gasteiger partial charge in [-0.05, 0) is 87.1 Å². The molecule has 282 valence electrons. The van der Waals surface area contributed by atoms with Crippen LogP contribution in [0, 0.1) is 11.8 Å². The highest BCUT2D eigenvalue weighted by molar-refractivity contribution is 8.00. The SMILES string of the molecule is NC(=O)C1CCC(CNC(=O)CCCCCN2C(=O)CC(Sc3ccc(CONC(=O)CCCCCCC(=O)Nc4ccccc4)cc3)C2=O)CC1. The Bertz CT molecular complexity index is 1480. The van der Waals surface area contributed by atoms with Crippen molar-refractivity contribution in [1.29, 1.82) is 0 Å². The van der Waals surface area contributed by atoms with Crippen LogP contribution in [0.25, 0.3) is 0 Å². The number of benzene rings is 2. The number of carbonyl (C=O) groups excluding carboxylic acids is 6. The third-order valence-electron chi connectivity index (χ3n) is 9.57. The second kappa shape index (κ2) is 22.0. The normalized spacial score (nSPS) is 18.6. The van der Waals surface area contributed by atoms with Crippen LogP contribution in [0.3, 0.4) is 0 Å². The Hall–Kier alpha value is -4.23. The lowest BCUT2D eigenvalue weighted by Crippen LogP contribution is -2.34. The number of imide groups is 1. The first-order chi connectivity index (χ1) is 25.2. The number of nitrogens with zero attached hydrogens (tertiary/aromatic N) is 1. The molecule has 1 unspecified atom stereocenters. The minimum Gasteiger partial charge on any atom is -0.369 e. The van der Waals surface area contributed by atoms with Crippen molar-refractivity contribution in [2.75, 3.05) is 18.4 Å². The molecule has 6 amide bonds. The number of para-hydroxylation sites is 1. The molecule has 1 atom stereocenters. The largest absolute Gasteiger partial charge is 0.369 e. The number of anilines is 1. The molecule has 1 saturated carbocycles. The summed E-state index contributed by atoms with van der Waals surface area (Å²) in [5, 5.41) is 5.40. The second-order valence-corrected chi connectivity index (χ2v) is 15.0. The van der Waals surface area contributed by atoms with Crippen molar-refractivity contribution in [3.63, 3.8) is 0 Å². The molecule has 2 aromatic rings. The maximum atomic E-state index is 13.0. The first kappa shape index (κ1) is 40.5. The highest BCUT2D eigenvalue weighted by atomic mass is 32.2. The van der Waals surface area contributed by atoms with Gasteiger partial charge in [0, 0.05) is 55.3 Å². The van der Waals surface area contributed by atoms with Gasteiger partial charge >= 0.3 is 0 Å². The van der Waals surface area contributed by atoms with Gasteiger partial charge in [0.05, 0.1) is 11.9 Å². The van der Waals surface area contributed by atoms with E-state index in [0.717, 1.165) is 67.5 Å². The molecule has 4 rings (SSSR count). The van der Waals surface area contributed by atoms with E-state index in [1.54, 1.807) is 0 Å². The lowest BCUT2D eigenvalue weighted by Gasteiger charge is -2.26. The number of hydrogen-bond donors (Lipinski definition) is 4. The Morgan fingerprint density at radius 1 is 0.769 bits per heavy atom. The molecule has 5 N–H and O–H groups in total. The summed E-state index contributed by atoms with van der Waals surface area (Å²) < 4.78 is 0. The van der Waals surface area contributed by atoms with Crippen LogP contribution in [-0.2, 0) is 40.2 Å². The number of likely N-dealkylation sites (tertiary alicyclic amines) is 1. The first-order valence-electron chi connectivity index (χ1n) is 18.6. The molecule has 2 fully saturated rings. The van der Waals surface area contributed by atoms with E-state index in [9.17, 15) is 28.8 Å². The van der Waals surface area contributed by atoms with Gasteiger partial charge in [0.25, 0.3) is 0 Å². The minimum atomic E-state index is -0.468. The number of unbranched alkanes of at least 4 members (excludes halogenated alkanes) is 5. The Morgan fingerprint density at radius 2 is 1.40 bits per heavy atom. The molecule has 1 aliphatic heterocycles. The molecule has 1 aliphatic carbocycles. The highest BCUT2D eigenvalue weighted by Crippen LogP contribution is 2.32. The topological polar surface area (TPSA) is 177 Å². The minimum absolute atomic E-state index is 0.00543. The molecule has 0 bridgehead atoms. The Labute approximate surface area is 310 Å². The van der Waals surface area contributed by atoms with Gasteiger partial charge in [-0.25, -0.2) is 5.48 Å². The van der Waals surface area contributed by atoms with E-state index in [1.807, 2.05) is 54.6 Å². The van der Waals surface area contributed by atoms with Gasteiger partial charge in [-0.15, -0.1) is 11.8 Å². The van der Waals surface area contributed by atoms with Crippen molar-refractivity contribution in [3.8, 4) is 0 Å². The van der Waals surface area contributed by atoms with Crippen LogP contribution in [0.2, 0.25) is 0 Å². The molecule has 2 aromatic carbocycles. The van der Waals surface area contributed by atoms with E-state index in [-0.39, 0.29) is 54.4 Å². The number of nitrogens with two attached hydrogens (primary N) is 1. The first-order valence-corrected chi connectivity index (χ1v) is 19.5. The van der Waals surface area contributed by atoms with E-state index in [0.29, 0.717) is 57.5 Å². The molecule has 13 heteroatoms. The van der Waals surface area contributed by atoms with Crippen molar-refractivity contribution in [2.45, 2.75) is 113 Å². The van der Waals surface area contributed by atoms with E-state index in [1.165, 1.54) is 16.7 Å². The maximum Gasteiger partial charge on any atom is 0.243 e. The standard InChI is InChI=1S/C39H53N5O7S/c40-38(49)30-20-16-28(17-21-30)26-41-34(45)13-9-4-10-24-44-37(48)25-33(39(44)50)52-32-22-18-29(19-23-32)27-51-43-36(47)15-8-2-1-7-14-35(46)42-31-11-5-3-6-12-31/h3,5-6,11-12,18-19,22-23,28,30,33H,1-2,4,7-10,13-17,20-21,24-27H2,(H2,40,49)(H,41,45)(H,42,46)(H,43,47). The molecule has 12 nitrogen and oxygen atoms in total. The molecule has 0 aromatic heterocycles. The van der Waals surface area contributed by atoms with E-state index in [4.69, 9.17) is 10.6 Å². The number of hydroxylamine groups is 1. The van der Waals surface area contributed by atoms with Crippen molar-refractivity contribution in [1.82, 2.24) is 15.7 Å². The fourth-order valence-electron chi connectivity index (χ4n) is 6.46. The third kappa shape index (κ3) is 14.4. The molecule has 2 aliphatic rings. The molecule has 0 radical (unpaired) electrons. The Balaban J connectivity index is 1.01. The number of amides is 6. The van der Waals surface area contributed by atoms with Gasteiger partial charge in [0.1, 0.15) is 0 Å². The molecular formula is C39H53N5O7S. The fraction of sp³-hybridized carbons (Fsp3) is 0.538. The predicted molar refractivity (Wildman–Crippen MR) is 199 cm³/mol. The lowest BCUT2D eigenvalue weighted by atomic mass is 9.81. The van der Waals surface area contributed by atoms with Crippen LogP contribution >= 0.6 is 11.8 Å². The summed E-state index contributed by atoms with van der Waals surface area (Å²) >= 11 is 1.37. The van der Waals surface area contributed by atoms with Crippen molar-refractivity contribution in [2.24, 2.45) is 17.6 Å². The maximum absolute atomic E-state index is 13.0. The second-order valence-electron chi connectivity index (χ2n) is 13.7. The number of hydrogen-bond acceptors (Lipinski definition) is 8. The molecule has 1 heterocycles. The number of primary amides is 1. The molecular weight excluding hydrogens is 683 g/mol. The van der Waals surface area contributed by atoms with Gasteiger partial charge in [-0.3, -0.25) is 38.5 Å². The third-order valence-corrected chi connectivity index (χ3v) is 10.8. The lowest BCUT2D eigenvalue weighted by molar-refractivity contribution is -0.138. The van der Waals surface area contributed by atoms with Crippen molar-refractivity contribution >= 4 is 52.9 Å². The van der Waals surface area contributed by atoms with E-state index < -0.39 is 5.25 Å². The predicted octanol–water partition coefficient (Wildman–Crippen LogP) is 5.40. The average molecular weight is 736 g/mol. The molecule has 1 saturated heterocycles. The van der Waals surface area contributed by atoms with Gasteiger partial charge in [-0.2, -0.15) is 0 Å². The van der Waals surface area contributed by atoms with Gasteiger partial charge in [-0.1, -0.05) is 49.6 Å². The summed E-state index contributed by atoms with van der Waals surface area (Å²) in [5.41, 5.74) is 9.52. The van der Waals surface area contributed by atoms with Crippen LogP contribution in [0.4, 0.5) is 5.69 Å². The summed E-state index contributed by atoms with van der Waals surface area (Å²) in [4.78, 5) is 80.9. The fourth-order valence-corrected chi connectivity index (χ4v) is 7.53. The van der Waals surface area contributed by atoms with Gasteiger partial charge in [0.15, 0.2) is 0 Å². The van der Waals surface area contributed by atoms with E-state index in [2.05, 4.69) is 16.1 Å². The summed E-state index contributed by atoms with van der Waals surface area (Å²) in [6.45, 7) is 1.18. The smallest absolute Gasteiger partial charge is 0.243 e. The Kier molecular flexibility index (Phi) is 17.1. The number of nitrogens with one attached hydrogen (secondary N) is 3. The van der Waals surface area contributed by atoms with Crippen LogP contribution in [-0.4, -0.2) is 58.7 Å². The summed E-state index contributed by atoms with van der Waals surface area (Å²) in [7, 11) is 0.